The number of benzene rings is 1. The van der Waals surface area contributed by atoms with Crippen molar-refractivity contribution in [2.75, 3.05) is 17.2 Å². The molecule has 3 aromatic rings. The largest absolute Gasteiger partial charge is 0.394 e. The molecule has 28 heavy (non-hydrogen) atoms. The van der Waals surface area contributed by atoms with E-state index in [4.69, 9.17) is 11.6 Å². The molecule has 1 atom stereocenters. The Bertz CT molecular complexity index is 986. The summed E-state index contributed by atoms with van der Waals surface area (Å²) in [4.78, 5) is 23.7. The number of hydrogen-bond acceptors (Lipinski definition) is 8. The molecular weight excluding hydrogens is 384 g/mol. The predicted octanol–water partition coefficient (Wildman–Crippen LogP) is 3.64. The van der Waals surface area contributed by atoms with Crippen molar-refractivity contribution >= 4 is 34.7 Å². The predicted molar refractivity (Wildman–Crippen MR) is 107 cm³/mol. The summed E-state index contributed by atoms with van der Waals surface area (Å²) in [5.41, 5.74) is 1.37. The van der Waals surface area contributed by atoms with E-state index >= 15 is 0 Å². The van der Waals surface area contributed by atoms with Gasteiger partial charge in [-0.25, -0.2) is 4.98 Å². The summed E-state index contributed by atoms with van der Waals surface area (Å²) in [6.45, 7) is 1.66. The lowest BCUT2D eigenvalue weighted by Crippen LogP contribution is -2.21. The van der Waals surface area contributed by atoms with Crippen molar-refractivity contribution in [1.29, 1.82) is 0 Å². The number of nitro benzene ring substituents is 1. The molecule has 2 aromatic heterocycles. The van der Waals surface area contributed by atoms with Crippen LogP contribution in [0.1, 0.15) is 6.92 Å². The van der Waals surface area contributed by atoms with Crippen LogP contribution in [0.5, 0.6) is 0 Å². The second-order valence-electron chi connectivity index (χ2n) is 5.98. The number of nitrogens with zero attached hydrogens (tertiary/aromatic N) is 4. The Morgan fingerprint density at radius 1 is 1.29 bits per heavy atom. The Hall–Kier alpha value is -3.30. The lowest BCUT2D eigenvalue weighted by Gasteiger charge is -2.14. The first-order valence-corrected chi connectivity index (χ1v) is 8.72. The molecule has 0 fully saturated rings. The Balaban J connectivity index is 2.04. The van der Waals surface area contributed by atoms with Gasteiger partial charge in [-0.3, -0.25) is 15.1 Å². The summed E-state index contributed by atoms with van der Waals surface area (Å²) in [5, 5.41) is 26.9. The molecule has 144 valence electrons. The molecule has 1 aromatic carbocycles. The molecule has 0 aliphatic rings. The molecule has 0 spiro atoms. The summed E-state index contributed by atoms with van der Waals surface area (Å²) in [5.74, 6) is 0.585. The van der Waals surface area contributed by atoms with Crippen LogP contribution in [0.4, 0.5) is 23.1 Å². The lowest BCUT2D eigenvalue weighted by molar-refractivity contribution is -0.383. The Morgan fingerprint density at radius 3 is 2.79 bits per heavy atom. The van der Waals surface area contributed by atoms with Crippen LogP contribution in [0.2, 0.25) is 5.02 Å². The van der Waals surface area contributed by atoms with Gasteiger partial charge in [0.05, 0.1) is 17.2 Å². The lowest BCUT2D eigenvalue weighted by atomic mass is 10.2. The highest BCUT2D eigenvalue weighted by Crippen LogP contribution is 2.31. The van der Waals surface area contributed by atoms with Crippen LogP contribution in [0.15, 0.2) is 48.8 Å². The highest BCUT2D eigenvalue weighted by Gasteiger charge is 2.16. The van der Waals surface area contributed by atoms with E-state index in [-0.39, 0.29) is 30.0 Å². The summed E-state index contributed by atoms with van der Waals surface area (Å²) in [6.07, 6.45) is 3.29. The molecule has 0 aliphatic carbocycles. The number of rotatable bonds is 7. The molecule has 0 saturated heterocycles. The number of nitro groups is 1. The third-order valence-corrected chi connectivity index (χ3v) is 3.99. The van der Waals surface area contributed by atoms with Gasteiger partial charge in [-0.1, -0.05) is 11.6 Å². The standard InChI is InChI=1S/C18H17ClN6O3/c1-11(10-26)21-18-23-14(12-3-2-6-20-9-12)8-17(24-18)22-15-7-13(19)4-5-16(15)25(27)28/h2-9,11,26H,10H2,1H3,(H2,21,22,23,24)/t11-/m1/s1. The second kappa shape index (κ2) is 8.59. The quantitative estimate of drug-likeness (QED) is 0.405. The van der Waals surface area contributed by atoms with Crippen molar-refractivity contribution in [3.63, 3.8) is 0 Å². The third kappa shape index (κ3) is 4.70. The number of halogens is 1. The average Bonchev–Trinajstić information content (AvgIpc) is 2.68. The SMILES string of the molecule is C[C@H](CO)Nc1nc(Nc2cc(Cl)ccc2[N+](=O)[O-])cc(-c2cccnc2)n1. The first-order valence-electron chi connectivity index (χ1n) is 8.34. The summed E-state index contributed by atoms with van der Waals surface area (Å²) < 4.78 is 0. The van der Waals surface area contributed by atoms with Crippen LogP contribution in [-0.4, -0.2) is 37.6 Å². The topological polar surface area (TPSA) is 126 Å². The van der Waals surface area contributed by atoms with Crippen LogP contribution in [0.25, 0.3) is 11.3 Å². The van der Waals surface area contributed by atoms with Crippen LogP contribution in [0, 0.1) is 10.1 Å². The molecule has 3 N–H and O–H groups in total. The molecule has 2 heterocycles. The maximum atomic E-state index is 11.3. The zero-order valence-corrected chi connectivity index (χ0v) is 15.6. The van der Waals surface area contributed by atoms with Crippen LogP contribution < -0.4 is 10.6 Å². The molecule has 0 unspecified atom stereocenters. The van der Waals surface area contributed by atoms with Crippen molar-refractivity contribution in [2.45, 2.75) is 13.0 Å². The fraction of sp³-hybridized carbons (Fsp3) is 0.167. The summed E-state index contributed by atoms with van der Waals surface area (Å²) >= 11 is 5.99. The van der Waals surface area contributed by atoms with Gasteiger partial charge >= 0.3 is 0 Å². The summed E-state index contributed by atoms with van der Waals surface area (Å²) in [6, 6.07) is 9.20. The number of nitrogens with one attached hydrogen (secondary N) is 2. The van der Waals surface area contributed by atoms with Crippen molar-refractivity contribution in [3.8, 4) is 11.3 Å². The van der Waals surface area contributed by atoms with Gasteiger partial charge in [0.1, 0.15) is 11.5 Å². The summed E-state index contributed by atoms with van der Waals surface area (Å²) in [7, 11) is 0. The monoisotopic (exact) mass is 400 g/mol. The van der Waals surface area contributed by atoms with E-state index in [9.17, 15) is 15.2 Å². The van der Waals surface area contributed by atoms with Crippen LogP contribution in [-0.2, 0) is 0 Å². The van der Waals surface area contributed by atoms with E-state index in [1.54, 1.807) is 31.5 Å². The van der Waals surface area contributed by atoms with Crippen molar-refractivity contribution in [3.05, 3.63) is 63.9 Å². The smallest absolute Gasteiger partial charge is 0.292 e. The molecule has 0 radical (unpaired) electrons. The van der Waals surface area contributed by atoms with Crippen LogP contribution in [0.3, 0.4) is 0 Å². The number of pyridine rings is 1. The zero-order chi connectivity index (χ0) is 20.1. The van der Waals surface area contributed by atoms with E-state index in [1.165, 1.54) is 18.2 Å². The van der Waals surface area contributed by atoms with Crippen LogP contribution >= 0.6 is 11.6 Å². The number of hydrogen-bond donors (Lipinski definition) is 3. The maximum Gasteiger partial charge on any atom is 0.292 e. The molecule has 3 rings (SSSR count). The van der Waals surface area contributed by atoms with Gasteiger partial charge < -0.3 is 15.7 Å². The Labute approximate surface area is 165 Å². The molecular formula is C18H17ClN6O3. The molecule has 9 nitrogen and oxygen atoms in total. The minimum absolute atomic E-state index is 0.108. The second-order valence-corrected chi connectivity index (χ2v) is 6.41. The molecule has 0 aliphatic heterocycles. The maximum absolute atomic E-state index is 11.3. The fourth-order valence-electron chi connectivity index (χ4n) is 2.41. The number of aliphatic hydroxyl groups is 1. The molecule has 0 amide bonds. The minimum atomic E-state index is -0.505. The van der Waals surface area contributed by atoms with E-state index in [1.807, 2.05) is 6.07 Å². The Kier molecular flexibility index (Phi) is 5.97. The first-order chi connectivity index (χ1) is 13.5. The van der Waals surface area contributed by atoms with Gasteiger partial charge in [-0.15, -0.1) is 0 Å². The molecule has 10 heteroatoms. The molecule has 0 saturated carbocycles. The average molecular weight is 401 g/mol. The highest BCUT2D eigenvalue weighted by atomic mass is 35.5. The van der Waals surface area contributed by atoms with Crippen molar-refractivity contribution < 1.29 is 10.0 Å². The molecule has 0 bridgehead atoms. The van der Waals surface area contributed by atoms with Gasteiger partial charge in [0.2, 0.25) is 5.95 Å². The van der Waals surface area contributed by atoms with Gasteiger partial charge in [0.15, 0.2) is 0 Å². The highest BCUT2D eigenvalue weighted by molar-refractivity contribution is 6.31. The number of anilines is 3. The Morgan fingerprint density at radius 2 is 2.11 bits per heavy atom. The number of aromatic nitrogens is 3. The van der Waals surface area contributed by atoms with Gasteiger partial charge in [0, 0.05) is 41.2 Å². The van der Waals surface area contributed by atoms with Crippen molar-refractivity contribution in [2.24, 2.45) is 0 Å². The van der Waals surface area contributed by atoms with E-state index in [2.05, 4.69) is 25.6 Å². The van der Waals surface area contributed by atoms with Gasteiger partial charge in [0.25, 0.3) is 5.69 Å². The van der Waals surface area contributed by atoms with E-state index in [0.29, 0.717) is 16.5 Å². The van der Waals surface area contributed by atoms with Gasteiger partial charge in [-0.05, 0) is 31.2 Å². The normalized spacial score (nSPS) is 11.7. The van der Waals surface area contributed by atoms with Gasteiger partial charge in [-0.2, -0.15) is 4.98 Å². The fourth-order valence-corrected chi connectivity index (χ4v) is 2.58. The van der Waals surface area contributed by atoms with Crippen molar-refractivity contribution in [1.82, 2.24) is 15.0 Å². The third-order valence-electron chi connectivity index (χ3n) is 3.75. The zero-order valence-electron chi connectivity index (χ0n) is 14.8. The van der Waals surface area contributed by atoms with E-state index in [0.717, 1.165) is 5.56 Å². The minimum Gasteiger partial charge on any atom is -0.394 e. The first kappa shape index (κ1) is 19.5. The number of aliphatic hydroxyl groups excluding tert-OH is 1. The van der Waals surface area contributed by atoms with E-state index < -0.39 is 4.92 Å².